The molecule has 0 aliphatic carbocycles. The smallest absolute Gasteiger partial charge is 0.267 e. The molecule has 0 radical (unpaired) electrons. The predicted molar refractivity (Wildman–Crippen MR) is 83.5 cm³/mol. The zero-order chi connectivity index (χ0) is 16.1. The van der Waals surface area contributed by atoms with Gasteiger partial charge in [-0.1, -0.05) is 19.9 Å². The van der Waals surface area contributed by atoms with E-state index in [0.29, 0.717) is 23.0 Å². The Kier molecular flexibility index (Phi) is 5.83. The highest BCUT2D eigenvalue weighted by Crippen LogP contribution is 2.36. The Hall–Kier alpha value is -1.56. The lowest BCUT2D eigenvalue weighted by atomic mass is 9.94. The fraction of sp³-hybridized carbons (Fsp3) is 0.500. The molecule has 120 valence electrons. The number of hydrogen-bond acceptors (Lipinski definition) is 4. The van der Waals surface area contributed by atoms with Gasteiger partial charge in [0, 0.05) is 17.7 Å². The van der Waals surface area contributed by atoms with E-state index >= 15 is 0 Å². The van der Waals surface area contributed by atoms with E-state index in [2.05, 4.69) is 19.2 Å². The number of amides is 2. The quantitative estimate of drug-likeness (QED) is 0.809. The van der Waals surface area contributed by atoms with Crippen molar-refractivity contribution in [3.05, 3.63) is 23.8 Å². The van der Waals surface area contributed by atoms with Crippen molar-refractivity contribution in [3.8, 4) is 5.75 Å². The van der Waals surface area contributed by atoms with Crippen molar-refractivity contribution in [2.75, 3.05) is 0 Å². The summed E-state index contributed by atoms with van der Waals surface area (Å²) < 4.78 is 18.9. The van der Waals surface area contributed by atoms with Crippen LogP contribution >= 0.6 is 12.1 Å². The van der Waals surface area contributed by atoms with Gasteiger partial charge in [-0.15, -0.1) is 0 Å². The van der Waals surface area contributed by atoms with Crippen LogP contribution in [0.1, 0.15) is 51.0 Å². The van der Waals surface area contributed by atoms with Gasteiger partial charge >= 0.3 is 0 Å². The summed E-state index contributed by atoms with van der Waals surface area (Å²) >= 11 is 0.197. The molecule has 2 amide bonds. The van der Waals surface area contributed by atoms with Crippen LogP contribution in [0.5, 0.6) is 5.75 Å². The lowest BCUT2D eigenvalue weighted by molar-refractivity contribution is -0.138. The van der Waals surface area contributed by atoms with Crippen LogP contribution in [0.3, 0.4) is 0 Å². The van der Waals surface area contributed by atoms with Crippen molar-refractivity contribution >= 4 is 24.0 Å². The fourth-order valence-corrected chi connectivity index (χ4v) is 3.16. The van der Waals surface area contributed by atoms with Gasteiger partial charge in [-0.2, -0.15) is 3.89 Å². The van der Waals surface area contributed by atoms with Crippen LogP contribution in [0.2, 0.25) is 0 Å². The van der Waals surface area contributed by atoms with Gasteiger partial charge in [0.05, 0.1) is 12.1 Å². The number of imide groups is 1. The highest BCUT2D eigenvalue weighted by molar-refractivity contribution is 7.94. The van der Waals surface area contributed by atoms with Crippen LogP contribution in [0.4, 0.5) is 3.89 Å². The molecule has 1 heterocycles. The number of piperidine rings is 1. The van der Waals surface area contributed by atoms with E-state index in [9.17, 15) is 13.5 Å². The lowest BCUT2D eigenvalue weighted by Gasteiger charge is -2.23. The van der Waals surface area contributed by atoms with E-state index in [1.165, 1.54) is 0 Å². The molecule has 1 fully saturated rings. The zero-order valence-electron chi connectivity index (χ0n) is 12.7. The summed E-state index contributed by atoms with van der Waals surface area (Å²) in [6.45, 7) is 4.16. The molecule has 1 aliphatic heterocycles. The molecule has 4 nitrogen and oxygen atoms in total. The van der Waals surface area contributed by atoms with Gasteiger partial charge < -0.3 is 4.74 Å². The Morgan fingerprint density at radius 2 is 2.09 bits per heavy atom. The molecular formula is C16H20FNO3S. The first-order chi connectivity index (χ1) is 10.6. The minimum Gasteiger partial charge on any atom is -0.481 e. The Labute approximate surface area is 134 Å². The molecule has 1 aliphatic rings. The van der Waals surface area contributed by atoms with Crippen molar-refractivity contribution in [1.29, 1.82) is 0 Å². The van der Waals surface area contributed by atoms with Crippen molar-refractivity contribution in [2.45, 2.75) is 56.4 Å². The average molecular weight is 325 g/mol. The molecule has 0 saturated carbocycles. The molecule has 1 atom stereocenters. The number of ether oxygens (including phenoxy) is 1. The van der Waals surface area contributed by atoms with Gasteiger partial charge in [-0.05, 0) is 36.5 Å². The van der Waals surface area contributed by atoms with Crippen molar-refractivity contribution in [2.24, 2.45) is 0 Å². The van der Waals surface area contributed by atoms with Crippen LogP contribution in [-0.2, 0) is 9.59 Å². The second kappa shape index (κ2) is 7.63. The summed E-state index contributed by atoms with van der Waals surface area (Å²) in [6.07, 6.45) is 1.79. The second-order valence-corrected chi connectivity index (χ2v) is 5.94. The van der Waals surface area contributed by atoms with E-state index < -0.39 is 12.0 Å². The molecule has 2 rings (SSSR count). The molecule has 0 bridgehead atoms. The predicted octanol–water partition coefficient (Wildman–Crippen LogP) is 3.75. The van der Waals surface area contributed by atoms with E-state index in [1.54, 1.807) is 12.1 Å². The molecular weight excluding hydrogens is 305 g/mol. The zero-order valence-corrected chi connectivity index (χ0v) is 13.5. The number of carbonyl (C=O) groups is 2. The summed E-state index contributed by atoms with van der Waals surface area (Å²) in [4.78, 5) is 23.3. The molecule has 22 heavy (non-hydrogen) atoms. The lowest BCUT2D eigenvalue weighted by Crippen LogP contribution is -2.46. The first kappa shape index (κ1) is 16.8. The average Bonchev–Trinajstić information content (AvgIpc) is 2.52. The second-order valence-electron chi connectivity index (χ2n) is 5.35. The summed E-state index contributed by atoms with van der Waals surface area (Å²) in [5, 5.41) is 2.24. The standard InChI is InChI=1S/C16H20FNO3S/c1-3-10(4-2)12-6-5-11(9-14(12)22-17)21-13-7-8-15(19)18-16(13)20/h5-6,9-10,13H,3-4,7-8H2,1-2H3,(H,18,19,20). The van der Waals surface area contributed by atoms with Crippen LogP contribution in [0.15, 0.2) is 23.1 Å². The number of rotatable bonds is 6. The monoisotopic (exact) mass is 325 g/mol. The number of hydrogen-bond donors (Lipinski definition) is 1. The maximum absolute atomic E-state index is 13.2. The van der Waals surface area contributed by atoms with E-state index in [4.69, 9.17) is 4.74 Å². The third-order valence-corrected chi connectivity index (χ3v) is 4.48. The maximum Gasteiger partial charge on any atom is 0.267 e. The third kappa shape index (κ3) is 3.80. The van der Waals surface area contributed by atoms with Crippen LogP contribution in [0, 0.1) is 0 Å². The highest BCUT2D eigenvalue weighted by atomic mass is 32.2. The van der Waals surface area contributed by atoms with Gasteiger partial charge in [-0.3, -0.25) is 14.9 Å². The van der Waals surface area contributed by atoms with Crippen molar-refractivity contribution in [1.82, 2.24) is 5.32 Å². The molecule has 0 aromatic heterocycles. The van der Waals surface area contributed by atoms with Gasteiger partial charge in [0.2, 0.25) is 5.91 Å². The number of carbonyl (C=O) groups excluding carboxylic acids is 2. The first-order valence-corrected chi connectivity index (χ1v) is 8.23. The van der Waals surface area contributed by atoms with Crippen LogP contribution < -0.4 is 10.1 Å². The van der Waals surface area contributed by atoms with Crippen molar-refractivity contribution < 1.29 is 18.2 Å². The highest BCUT2D eigenvalue weighted by Gasteiger charge is 2.28. The molecule has 6 heteroatoms. The molecule has 1 aromatic rings. The first-order valence-electron chi connectivity index (χ1n) is 7.51. The maximum atomic E-state index is 13.2. The van der Waals surface area contributed by atoms with Crippen molar-refractivity contribution in [3.63, 3.8) is 0 Å². The van der Waals surface area contributed by atoms with Gasteiger partial charge in [-0.25, -0.2) is 0 Å². The topological polar surface area (TPSA) is 55.4 Å². The Morgan fingerprint density at radius 3 is 2.68 bits per heavy atom. The molecule has 1 aromatic carbocycles. The Morgan fingerprint density at radius 1 is 1.36 bits per heavy atom. The number of nitrogens with one attached hydrogen (secondary N) is 1. The number of benzene rings is 1. The minimum atomic E-state index is -0.700. The summed E-state index contributed by atoms with van der Waals surface area (Å²) in [6, 6.07) is 5.25. The van der Waals surface area contributed by atoms with E-state index in [-0.39, 0.29) is 24.5 Å². The Bertz CT molecular complexity index is 560. The summed E-state index contributed by atoms with van der Waals surface area (Å²) in [5.41, 5.74) is 0.966. The van der Waals surface area contributed by atoms with E-state index in [1.807, 2.05) is 6.07 Å². The van der Waals surface area contributed by atoms with Gasteiger partial charge in [0.1, 0.15) is 5.75 Å². The molecule has 1 saturated heterocycles. The Balaban J connectivity index is 2.15. The van der Waals surface area contributed by atoms with Gasteiger partial charge in [0.15, 0.2) is 6.10 Å². The van der Waals surface area contributed by atoms with E-state index in [0.717, 1.165) is 18.4 Å². The minimum absolute atomic E-state index is 0.197. The normalized spacial score (nSPS) is 18.5. The largest absolute Gasteiger partial charge is 0.481 e. The summed E-state index contributed by atoms with van der Waals surface area (Å²) in [7, 11) is 0. The summed E-state index contributed by atoms with van der Waals surface area (Å²) in [5.74, 6) is 0.0379. The SMILES string of the molecule is CCC(CC)c1ccc(OC2CCC(=O)NC2=O)cc1SF. The fourth-order valence-electron chi connectivity index (χ4n) is 2.67. The van der Waals surface area contributed by atoms with Gasteiger partial charge in [0.25, 0.3) is 5.91 Å². The molecule has 1 N–H and O–H groups in total. The third-order valence-electron chi connectivity index (χ3n) is 3.96. The molecule has 0 spiro atoms. The van der Waals surface area contributed by atoms with Crippen LogP contribution in [-0.4, -0.2) is 17.9 Å². The number of halogens is 1. The van der Waals surface area contributed by atoms with Crippen LogP contribution in [0.25, 0.3) is 0 Å². The molecule has 1 unspecified atom stereocenters.